The summed E-state index contributed by atoms with van der Waals surface area (Å²) in [5, 5.41) is 3.80. The highest BCUT2D eigenvalue weighted by Gasteiger charge is 2.20. The monoisotopic (exact) mass is 392 g/mol. The number of rotatable bonds is 6. The van der Waals surface area contributed by atoms with Crippen molar-refractivity contribution in [2.24, 2.45) is 0 Å². The van der Waals surface area contributed by atoms with Crippen LogP contribution < -0.4 is 5.32 Å². The average molecular weight is 393 g/mol. The van der Waals surface area contributed by atoms with E-state index in [1.54, 1.807) is 0 Å². The normalized spacial score (nSPS) is 15.7. The lowest BCUT2D eigenvalue weighted by atomic mass is 10.0. The van der Waals surface area contributed by atoms with E-state index in [0.717, 1.165) is 49.6 Å². The Hall–Kier alpha value is -1.98. The number of carbonyl (C=O) groups excluding carboxylic acids is 1. The molecule has 0 unspecified atom stereocenters. The minimum atomic E-state index is -0.874. The molecule has 1 saturated heterocycles. The molecular formula is C21H23ClF2N2O. The van der Waals surface area contributed by atoms with Gasteiger partial charge in [0.2, 0.25) is 5.91 Å². The highest BCUT2D eigenvalue weighted by Crippen LogP contribution is 2.16. The predicted molar refractivity (Wildman–Crippen MR) is 103 cm³/mol. The molecule has 0 aliphatic carbocycles. The van der Waals surface area contributed by atoms with E-state index in [0.29, 0.717) is 12.0 Å². The van der Waals surface area contributed by atoms with Crippen molar-refractivity contribution in [1.29, 1.82) is 0 Å². The molecule has 1 N–H and O–H groups in total. The zero-order valence-corrected chi connectivity index (χ0v) is 15.8. The number of benzene rings is 2. The van der Waals surface area contributed by atoms with Gasteiger partial charge in [-0.2, -0.15) is 0 Å². The number of likely N-dealkylation sites (tertiary alicyclic amines) is 1. The summed E-state index contributed by atoms with van der Waals surface area (Å²) in [6.07, 6.45) is 2.49. The van der Waals surface area contributed by atoms with Crippen molar-refractivity contribution in [1.82, 2.24) is 10.2 Å². The number of nitrogens with zero attached hydrogens (tertiary/aromatic N) is 1. The third kappa shape index (κ3) is 6.01. The summed E-state index contributed by atoms with van der Waals surface area (Å²) >= 11 is 5.91. The van der Waals surface area contributed by atoms with Crippen molar-refractivity contribution in [2.45, 2.75) is 38.3 Å². The van der Waals surface area contributed by atoms with Gasteiger partial charge >= 0.3 is 0 Å². The fraction of sp³-hybridized carbons (Fsp3) is 0.381. The molecule has 144 valence electrons. The van der Waals surface area contributed by atoms with Crippen LogP contribution in [0, 0.1) is 11.6 Å². The first-order valence-electron chi connectivity index (χ1n) is 9.19. The maximum atomic E-state index is 13.2. The molecule has 1 amide bonds. The fourth-order valence-electron chi connectivity index (χ4n) is 3.34. The summed E-state index contributed by atoms with van der Waals surface area (Å²) in [4.78, 5) is 14.5. The van der Waals surface area contributed by atoms with Crippen LogP contribution in [0.5, 0.6) is 0 Å². The lowest BCUT2D eigenvalue weighted by Gasteiger charge is -2.32. The number of hydrogen-bond donors (Lipinski definition) is 1. The molecule has 3 rings (SSSR count). The molecule has 1 aliphatic heterocycles. The summed E-state index contributed by atoms with van der Waals surface area (Å²) in [7, 11) is 0. The molecule has 2 aromatic rings. The number of aryl methyl sites for hydroxylation is 1. The number of carbonyl (C=O) groups is 1. The highest BCUT2D eigenvalue weighted by molar-refractivity contribution is 6.30. The molecule has 1 fully saturated rings. The molecule has 2 aromatic carbocycles. The van der Waals surface area contributed by atoms with E-state index < -0.39 is 11.6 Å². The number of amides is 1. The van der Waals surface area contributed by atoms with Gasteiger partial charge in [0, 0.05) is 37.1 Å². The summed E-state index contributed by atoms with van der Waals surface area (Å²) in [6.45, 7) is 2.74. The molecule has 0 aromatic heterocycles. The molecule has 0 radical (unpaired) electrons. The Kier molecular flexibility index (Phi) is 6.80. The molecule has 0 saturated carbocycles. The van der Waals surface area contributed by atoms with Crippen molar-refractivity contribution < 1.29 is 13.6 Å². The standard InChI is InChI=1S/C21H23ClF2N2O/c22-17-5-1-16(2-6-17)14-26-11-9-18(10-12-26)25-21(27)8-4-15-3-7-19(23)20(24)13-15/h1-3,5-7,13,18H,4,8-12,14H2,(H,25,27). The highest BCUT2D eigenvalue weighted by atomic mass is 35.5. The van der Waals surface area contributed by atoms with Crippen molar-refractivity contribution in [2.75, 3.05) is 13.1 Å². The average Bonchev–Trinajstić information content (AvgIpc) is 2.66. The first-order chi connectivity index (χ1) is 13.0. The quantitative estimate of drug-likeness (QED) is 0.793. The second-order valence-corrected chi connectivity index (χ2v) is 7.43. The van der Waals surface area contributed by atoms with E-state index in [9.17, 15) is 13.6 Å². The van der Waals surface area contributed by atoms with Crippen LogP contribution in [0.4, 0.5) is 8.78 Å². The van der Waals surface area contributed by atoms with E-state index in [2.05, 4.69) is 10.2 Å². The van der Waals surface area contributed by atoms with E-state index in [1.165, 1.54) is 11.6 Å². The predicted octanol–water partition coefficient (Wildman–Crippen LogP) is 4.33. The number of nitrogens with one attached hydrogen (secondary N) is 1. The smallest absolute Gasteiger partial charge is 0.220 e. The molecule has 0 spiro atoms. The zero-order chi connectivity index (χ0) is 19.2. The Morgan fingerprint density at radius 2 is 1.70 bits per heavy atom. The molecule has 1 aliphatic rings. The van der Waals surface area contributed by atoms with Crippen LogP contribution in [0.2, 0.25) is 5.02 Å². The van der Waals surface area contributed by atoms with Gasteiger partial charge in [-0.05, 0) is 54.7 Å². The summed E-state index contributed by atoms with van der Waals surface area (Å²) in [5.41, 5.74) is 1.86. The minimum absolute atomic E-state index is 0.0455. The Morgan fingerprint density at radius 3 is 2.37 bits per heavy atom. The minimum Gasteiger partial charge on any atom is -0.353 e. The Bertz CT molecular complexity index is 774. The Morgan fingerprint density at radius 1 is 1.04 bits per heavy atom. The van der Waals surface area contributed by atoms with Gasteiger partial charge in [0.05, 0.1) is 0 Å². The van der Waals surface area contributed by atoms with Crippen LogP contribution in [0.15, 0.2) is 42.5 Å². The molecule has 0 atom stereocenters. The van der Waals surface area contributed by atoms with Gasteiger partial charge in [-0.1, -0.05) is 29.8 Å². The van der Waals surface area contributed by atoms with Gasteiger partial charge in [-0.25, -0.2) is 8.78 Å². The fourth-order valence-corrected chi connectivity index (χ4v) is 3.46. The van der Waals surface area contributed by atoms with Crippen LogP contribution in [-0.4, -0.2) is 29.9 Å². The van der Waals surface area contributed by atoms with Gasteiger partial charge in [0.25, 0.3) is 0 Å². The van der Waals surface area contributed by atoms with Gasteiger partial charge in [0.1, 0.15) is 0 Å². The molecule has 0 bridgehead atoms. The maximum Gasteiger partial charge on any atom is 0.220 e. The summed E-state index contributed by atoms with van der Waals surface area (Å²) < 4.78 is 26.1. The molecule has 6 heteroatoms. The van der Waals surface area contributed by atoms with Crippen LogP contribution in [0.3, 0.4) is 0 Å². The summed E-state index contributed by atoms with van der Waals surface area (Å²) in [6, 6.07) is 11.8. The number of hydrogen-bond acceptors (Lipinski definition) is 2. The van der Waals surface area contributed by atoms with E-state index in [-0.39, 0.29) is 18.4 Å². The Balaban J connectivity index is 1.38. The SMILES string of the molecule is O=C(CCc1ccc(F)c(F)c1)NC1CCN(Cc2ccc(Cl)cc2)CC1. The van der Waals surface area contributed by atoms with Crippen LogP contribution in [-0.2, 0) is 17.8 Å². The second kappa shape index (κ2) is 9.29. The van der Waals surface area contributed by atoms with E-state index in [1.807, 2.05) is 24.3 Å². The zero-order valence-electron chi connectivity index (χ0n) is 15.1. The summed E-state index contributed by atoms with van der Waals surface area (Å²) in [5.74, 6) is -1.79. The van der Waals surface area contributed by atoms with Crippen molar-refractivity contribution >= 4 is 17.5 Å². The van der Waals surface area contributed by atoms with Gasteiger partial charge in [-0.3, -0.25) is 9.69 Å². The lowest BCUT2D eigenvalue weighted by Crippen LogP contribution is -2.44. The second-order valence-electron chi connectivity index (χ2n) is 6.99. The largest absolute Gasteiger partial charge is 0.353 e. The van der Waals surface area contributed by atoms with Crippen molar-refractivity contribution in [3.05, 3.63) is 70.2 Å². The third-order valence-corrected chi connectivity index (χ3v) is 5.15. The van der Waals surface area contributed by atoms with E-state index in [4.69, 9.17) is 11.6 Å². The lowest BCUT2D eigenvalue weighted by molar-refractivity contribution is -0.122. The Labute approximate surface area is 163 Å². The molecule has 1 heterocycles. The van der Waals surface area contributed by atoms with Crippen molar-refractivity contribution in [3.8, 4) is 0 Å². The molecule has 3 nitrogen and oxygen atoms in total. The topological polar surface area (TPSA) is 32.3 Å². The number of halogens is 3. The van der Waals surface area contributed by atoms with Crippen LogP contribution in [0.1, 0.15) is 30.4 Å². The first-order valence-corrected chi connectivity index (χ1v) is 9.57. The van der Waals surface area contributed by atoms with Gasteiger partial charge < -0.3 is 5.32 Å². The first kappa shape index (κ1) is 19.8. The van der Waals surface area contributed by atoms with Crippen molar-refractivity contribution in [3.63, 3.8) is 0 Å². The van der Waals surface area contributed by atoms with Crippen LogP contribution in [0.25, 0.3) is 0 Å². The maximum absolute atomic E-state index is 13.2. The van der Waals surface area contributed by atoms with Gasteiger partial charge in [0.15, 0.2) is 11.6 Å². The number of piperidine rings is 1. The third-order valence-electron chi connectivity index (χ3n) is 4.90. The van der Waals surface area contributed by atoms with E-state index >= 15 is 0 Å². The van der Waals surface area contributed by atoms with Gasteiger partial charge in [-0.15, -0.1) is 0 Å². The molecular weight excluding hydrogens is 370 g/mol. The van der Waals surface area contributed by atoms with Crippen LogP contribution >= 0.6 is 11.6 Å². The molecule has 27 heavy (non-hydrogen) atoms.